The molecule has 5 rings (SSSR count). The summed E-state index contributed by atoms with van der Waals surface area (Å²) in [6.07, 6.45) is -0.578. The minimum absolute atomic E-state index is 0.106. The molecule has 2 heterocycles. The van der Waals surface area contributed by atoms with Crippen LogP contribution < -0.4 is 5.32 Å². The summed E-state index contributed by atoms with van der Waals surface area (Å²) in [4.78, 5) is 40.8. The molecule has 190 valence electrons. The van der Waals surface area contributed by atoms with Gasteiger partial charge in [0.25, 0.3) is 0 Å². The zero-order valence-corrected chi connectivity index (χ0v) is 21.4. The molecule has 2 aliphatic rings. The fraction of sp³-hybridized carbons (Fsp3) is 0.276. The summed E-state index contributed by atoms with van der Waals surface area (Å²) in [7, 11) is -1.60. The molecule has 4 atom stereocenters. The molecule has 2 saturated heterocycles. The zero-order valence-electron chi connectivity index (χ0n) is 20.6. The van der Waals surface area contributed by atoms with E-state index < -0.39 is 51.0 Å². The molecule has 3 aromatic carbocycles. The van der Waals surface area contributed by atoms with Gasteiger partial charge in [-0.05, 0) is 30.5 Å². The Morgan fingerprint density at radius 3 is 1.97 bits per heavy atom. The number of hydrogen-bond acceptors (Lipinski definition) is 5. The highest BCUT2D eigenvalue weighted by Crippen LogP contribution is 2.44. The number of amides is 2. The van der Waals surface area contributed by atoms with Crippen LogP contribution in [0.5, 0.6) is 0 Å². The van der Waals surface area contributed by atoms with E-state index in [-0.39, 0.29) is 12.3 Å². The van der Waals surface area contributed by atoms with Gasteiger partial charge < -0.3 is 15.0 Å². The third kappa shape index (κ3) is 4.57. The van der Waals surface area contributed by atoms with Crippen molar-refractivity contribution in [2.75, 3.05) is 0 Å². The average Bonchev–Trinajstić information content (AvgIpc) is 3.10. The van der Waals surface area contributed by atoms with E-state index in [9.17, 15) is 18.6 Å². The van der Waals surface area contributed by atoms with E-state index in [1.165, 1.54) is 4.90 Å². The summed E-state index contributed by atoms with van der Waals surface area (Å²) in [5, 5.41) is 1.95. The van der Waals surface area contributed by atoms with Crippen LogP contribution in [0.1, 0.15) is 36.6 Å². The molecule has 1 N–H and O–H groups in total. The van der Waals surface area contributed by atoms with Crippen molar-refractivity contribution >= 4 is 28.6 Å². The third-order valence-electron chi connectivity index (χ3n) is 6.94. The second kappa shape index (κ2) is 9.94. The second-order valence-corrected chi connectivity index (χ2v) is 11.9. The van der Waals surface area contributed by atoms with Gasteiger partial charge in [-0.15, -0.1) is 0 Å². The molecule has 0 aliphatic carbocycles. The van der Waals surface area contributed by atoms with E-state index in [4.69, 9.17) is 4.74 Å². The normalized spacial score (nSPS) is 23.8. The van der Waals surface area contributed by atoms with Crippen molar-refractivity contribution in [2.24, 2.45) is 0 Å². The van der Waals surface area contributed by atoms with E-state index in [1.54, 1.807) is 13.8 Å². The van der Waals surface area contributed by atoms with E-state index in [2.05, 4.69) is 5.32 Å². The van der Waals surface area contributed by atoms with Gasteiger partial charge in [-0.3, -0.25) is 13.8 Å². The lowest BCUT2D eigenvalue weighted by Gasteiger charge is -2.43. The van der Waals surface area contributed by atoms with Gasteiger partial charge in [0.15, 0.2) is 6.10 Å². The number of ether oxygens (including phenoxy) is 1. The maximum absolute atomic E-state index is 13.6. The van der Waals surface area contributed by atoms with Crippen molar-refractivity contribution in [2.45, 2.75) is 48.6 Å². The SMILES string of the molecule is CC1(C)[C@H](C(=O)OC(c2ccccc2)c2ccccc2)N2C(=O)[C@@H](NC(=O)Cc3ccccc3)[C@H]2[S@]1=O. The first kappa shape index (κ1) is 24.9. The predicted octanol–water partition coefficient (Wildman–Crippen LogP) is 3.12. The zero-order chi connectivity index (χ0) is 26.2. The first-order chi connectivity index (χ1) is 17.8. The summed E-state index contributed by atoms with van der Waals surface area (Å²) in [6.45, 7) is 3.40. The number of hydrogen-bond donors (Lipinski definition) is 1. The molecule has 7 nitrogen and oxygen atoms in total. The maximum Gasteiger partial charge on any atom is 0.331 e. The number of fused-ring (bicyclic) bond motifs is 1. The van der Waals surface area contributed by atoms with Gasteiger partial charge >= 0.3 is 5.97 Å². The standard InChI is InChI=1S/C29H28N2O5S/c1-29(2)25(28(34)36-24(20-14-8-4-9-15-20)21-16-10-5-11-17-21)31-26(33)23(27(31)37(29)35)30-22(32)18-19-12-6-3-7-13-19/h3-17,23-25,27H,18H2,1-2H3,(H,30,32)/t23-,25+,27-,37-/m1/s1. The number of β-lactam (4-membered cyclic amide) rings is 1. The van der Waals surface area contributed by atoms with Gasteiger partial charge in [0, 0.05) is 0 Å². The van der Waals surface area contributed by atoms with Crippen LogP contribution in [0.15, 0.2) is 91.0 Å². The third-order valence-corrected chi connectivity index (χ3v) is 9.14. The number of nitrogens with one attached hydrogen (secondary N) is 1. The van der Waals surface area contributed by atoms with Crippen molar-refractivity contribution in [3.05, 3.63) is 108 Å². The van der Waals surface area contributed by atoms with Crippen molar-refractivity contribution < 1.29 is 23.3 Å². The molecule has 3 aromatic rings. The lowest BCUT2D eigenvalue weighted by atomic mass is 9.95. The molecule has 0 aromatic heterocycles. The Hall–Kier alpha value is -3.78. The summed E-state index contributed by atoms with van der Waals surface area (Å²) in [5.74, 6) is -1.39. The van der Waals surface area contributed by atoms with Crippen molar-refractivity contribution in [1.82, 2.24) is 10.2 Å². The van der Waals surface area contributed by atoms with E-state index >= 15 is 0 Å². The molecule has 2 amide bonds. The van der Waals surface area contributed by atoms with Crippen LogP contribution in [0.4, 0.5) is 0 Å². The highest BCUT2D eigenvalue weighted by Gasteiger charge is 2.68. The lowest BCUT2D eigenvalue weighted by molar-refractivity contribution is -0.166. The van der Waals surface area contributed by atoms with E-state index in [0.717, 1.165) is 16.7 Å². The Labute approximate surface area is 218 Å². The first-order valence-electron chi connectivity index (χ1n) is 12.2. The number of esters is 1. The van der Waals surface area contributed by atoms with Gasteiger partial charge in [0.2, 0.25) is 11.8 Å². The molecule has 2 aliphatic heterocycles. The molecule has 8 heteroatoms. The van der Waals surface area contributed by atoms with E-state index in [0.29, 0.717) is 0 Å². The first-order valence-corrected chi connectivity index (χ1v) is 13.4. The smallest absolute Gasteiger partial charge is 0.331 e. The van der Waals surface area contributed by atoms with Crippen molar-refractivity contribution in [3.8, 4) is 0 Å². The Balaban J connectivity index is 1.35. The molecule has 0 bridgehead atoms. The van der Waals surface area contributed by atoms with Crippen LogP contribution in [0.3, 0.4) is 0 Å². The molecule has 37 heavy (non-hydrogen) atoms. The monoisotopic (exact) mass is 516 g/mol. The van der Waals surface area contributed by atoms with Crippen LogP contribution >= 0.6 is 0 Å². The molecule has 0 spiro atoms. The number of benzene rings is 3. The fourth-order valence-corrected chi connectivity index (χ4v) is 6.96. The Kier molecular flexibility index (Phi) is 6.69. The van der Waals surface area contributed by atoms with Crippen LogP contribution in [0, 0.1) is 0 Å². The van der Waals surface area contributed by atoms with Gasteiger partial charge in [-0.1, -0.05) is 91.0 Å². The molecule has 2 fully saturated rings. The van der Waals surface area contributed by atoms with Crippen molar-refractivity contribution in [1.29, 1.82) is 0 Å². The fourth-order valence-electron chi connectivity index (χ4n) is 5.04. The highest BCUT2D eigenvalue weighted by molar-refractivity contribution is 7.87. The quantitative estimate of drug-likeness (QED) is 0.385. The molecule has 0 saturated carbocycles. The number of rotatable bonds is 7. The lowest BCUT2D eigenvalue weighted by Crippen LogP contribution is -2.71. The summed E-state index contributed by atoms with van der Waals surface area (Å²) in [6, 6.07) is 25.9. The van der Waals surface area contributed by atoms with Gasteiger partial charge in [0.1, 0.15) is 17.5 Å². The van der Waals surface area contributed by atoms with Crippen LogP contribution in [-0.4, -0.2) is 49.1 Å². The minimum Gasteiger partial charge on any atom is -0.451 e. The van der Waals surface area contributed by atoms with Gasteiger partial charge in [-0.25, -0.2) is 4.79 Å². The van der Waals surface area contributed by atoms with Gasteiger partial charge in [0.05, 0.1) is 22.0 Å². The van der Waals surface area contributed by atoms with E-state index in [1.807, 2.05) is 91.0 Å². The van der Waals surface area contributed by atoms with Crippen LogP contribution in [-0.2, 0) is 36.3 Å². The number of carbonyl (C=O) groups excluding carboxylic acids is 3. The number of nitrogens with zero attached hydrogens (tertiary/aromatic N) is 1. The summed E-state index contributed by atoms with van der Waals surface area (Å²) >= 11 is 0. The highest BCUT2D eigenvalue weighted by atomic mass is 32.2. The summed E-state index contributed by atoms with van der Waals surface area (Å²) in [5.41, 5.74) is 2.39. The Morgan fingerprint density at radius 1 is 0.919 bits per heavy atom. The second-order valence-electron chi connectivity index (χ2n) is 9.79. The van der Waals surface area contributed by atoms with Crippen LogP contribution in [0.25, 0.3) is 0 Å². The largest absolute Gasteiger partial charge is 0.451 e. The predicted molar refractivity (Wildman–Crippen MR) is 140 cm³/mol. The molecule has 0 radical (unpaired) electrons. The Bertz CT molecular complexity index is 1290. The number of carbonyl (C=O) groups is 3. The van der Waals surface area contributed by atoms with Crippen molar-refractivity contribution in [3.63, 3.8) is 0 Å². The molecule has 0 unspecified atom stereocenters. The topological polar surface area (TPSA) is 92.8 Å². The molecular weight excluding hydrogens is 488 g/mol. The average molecular weight is 517 g/mol. The van der Waals surface area contributed by atoms with Gasteiger partial charge in [-0.2, -0.15) is 0 Å². The molecular formula is C29H28N2O5S. The van der Waals surface area contributed by atoms with Crippen LogP contribution in [0.2, 0.25) is 0 Å². The summed E-state index contributed by atoms with van der Waals surface area (Å²) < 4.78 is 18.5. The Morgan fingerprint density at radius 2 is 1.43 bits per heavy atom. The minimum atomic E-state index is -1.60. The maximum atomic E-state index is 13.6.